The van der Waals surface area contributed by atoms with E-state index in [1.807, 2.05) is 0 Å². The van der Waals surface area contributed by atoms with Crippen molar-refractivity contribution in [1.29, 1.82) is 0 Å². The van der Waals surface area contributed by atoms with Crippen LogP contribution in [-0.4, -0.2) is 32.4 Å². The first-order valence-electron chi connectivity index (χ1n) is 7.47. The smallest absolute Gasteiger partial charge is 0.280 e. The van der Waals surface area contributed by atoms with E-state index in [2.05, 4.69) is 26.5 Å². The highest BCUT2D eigenvalue weighted by molar-refractivity contribution is 5.95. The summed E-state index contributed by atoms with van der Waals surface area (Å²) in [6.45, 7) is 0.104. The lowest BCUT2D eigenvalue weighted by atomic mass is 10.1. The molecule has 3 aromatic rings. The highest BCUT2D eigenvalue weighted by atomic mass is 19.3. The van der Waals surface area contributed by atoms with E-state index in [0.717, 1.165) is 4.68 Å². The average molecular weight is 357 g/mol. The first-order valence-corrected chi connectivity index (χ1v) is 7.47. The Morgan fingerprint density at radius 2 is 2.27 bits per heavy atom. The monoisotopic (exact) mass is 357 g/mol. The van der Waals surface area contributed by atoms with Crippen LogP contribution in [0.25, 0.3) is 22.8 Å². The third-order valence-electron chi connectivity index (χ3n) is 3.58. The molecule has 132 valence electrons. The van der Waals surface area contributed by atoms with Crippen molar-refractivity contribution in [3.63, 3.8) is 0 Å². The zero-order valence-corrected chi connectivity index (χ0v) is 13.6. The minimum Gasteiger partial charge on any atom is -0.341 e. The lowest BCUT2D eigenvalue weighted by Crippen LogP contribution is -2.23. The summed E-state index contributed by atoms with van der Waals surface area (Å²) in [6, 6.07) is 6.47. The fraction of sp³-hybridized carbons (Fsp3) is 0.176. The van der Waals surface area contributed by atoms with E-state index in [1.54, 1.807) is 24.3 Å². The first kappa shape index (κ1) is 17.3. The third kappa shape index (κ3) is 3.30. The molecule has 0 unspecified atom stereocenters. The van der Waals surface area contributed by atoms with Gasteiger partial charge in [-0.2, -0.15) is 10.1 Å². The lowest BCUT2D eigenvalue weighted by Gasteiger charge is -2.02. The molecule has 2 heterocycles. The standard InChI is InChI=1S/C17H13F2N5O2/c1-3-7-20-16(25)11-6-4-5-10(8-11)15-22-17(26-23-15)12-9-21-24(2)13(12)14(18)19/h1,4-6,8-9,14H,7H2,2H3,(H,20,25). The molecule has 0 aliphatic carbocycles. The molecule has 0 radical (unpaired) electrons. The molecule has 0 bridgehead atoms. The number of aromatic nitrogens is 4. The summed E-state index contributed by atoms with van der Waals surface area (Å²) in [4.78, 5) is 16.1. The molecule has 1 aromatic carbocycles. The number of carbonyl (C=O) groups excluding carboxylic acids is 1. The molecule has 3 rings (SSSR count). The first-order chi connectivity index (χ1) is 12.5. The molecule has 26 heavy (non-hydrogen) atoms. The Balaban J connectivity index is 1.92. The van der Waals surface area contributed by atoms with Crippen LogP contribution in [0.1, 0.15) is 22.5 Å². The fourth-order valence-electron chi connectivity index (χ4n) is 2.35. The molecule has 0 fully saturated rings. The molecule has 9 heteroatoms. The van der Waals surface area contributed by atoms with Crippen LogP contribution in [0.15, 0.2) is 35.0 Å². The molecule has 0 saturated heterocycles. The maximum Gasteiger partial charge on any atom is 0.280 e. The lowest BCUT2D eigenvalue weighted by molar-refractivity contribution is 0.0958. The maximum absolute atomic E-state index is 13.2. The Bertz CT molecular complexity index is 987. The predicted molar refractivity (Wildman–Crippen MR) is 88.1 cm³/mol. The van der Waals surface area contributed by atoms with Gasteiger partial charge in [0.15, 0.2) is 0 Å². The summed E-state index contributed by atoms with van der Waals surface area (Å²) in [5.74, 6) is 2.05. The molecule has 0 aliphatic rings. The van der Waals surface area contributed by atoms with Crippen LogP contribution in [0.3, 0.4) is 0 Å². The van der Waals surface area contributed by atoms with Gasteiger partial charge >= 0.3 is 0 Å². The summed E-state index contributed by atoms with van der Waals surface area (Å²) < 4.78 is 32.5. The van der Waals surface area contributed by atoms with Gasteiger partial charge in [0.05, 0.1) is 18.3 Å². The average Bonchev–Trinajstić information content (AvgIpc) is 3.26. The van der Waals surface area contributed by atoms with Gasteiger partial charge in [-0.05, 0) is 12.1 Å². The Morgan fingerprint density at radius 3 is 3.00 bits per heavy atom. The maximum atomic E-state index is 13.2. The SMILES string of the molecule is C#CCNC(=O)c1cccc(-c2noc(-c3cnn(C)c3C(F)F)n2)c1. The van der Waals surface area contributed by atoms with Crippen LogP contribution < -0.4 is 5.32 Å². The normalized spacial score (nSPS) is 10.7. The van der Waals surface area contributed by atoms with Crippen LogP contribution in [0.2, 0.25) is 0 Å². The second kappa shape index (κ2) is 7.14. The van der Waals surface area contributed by atoms with Crippen molar-refractivity contribution in [3.8, 4) is 35.2 Å². The summed E-state index contributed by atoms with van der Waals surface area (Å²) in [7, 11) is 1.40. The van der Waals surface area contributed by atoms with E-state index >= 15 is 0 Å². The summed E-state index contributed by atoms with van der Waals surface area (Å²) in [6.07, 6.45) is 3.61. The van der Waals surface area contributed by atoms with Gasteiger partial charge in [0.25, 0.3) is 18.2 Å². The Hall–Kier alpha value is -3.54. The zero-order chi connectivity index (χ0) is 18.7. The molecule has 2 aromatic heterocycles. The van der Waals surface area contributed by atoms with Crippen molar-refractivity contribution in [1.82, 2.24) is 25.2 Å². The van der Waals surface area contributed by atoms with Crippen LogP contribution in [0.5, 0.6) is 0 Å². The van der Waals surface area contributed by atoms with E-state index in [-0.39, 0.29) is 35.4 Å². The molecule has 0 aliphatic heterocycles. The van der Waals surface area contributed by atoms with Crippen LogP contribution in [0, 0.1) is 12.3 Å². The Labute approximate surface area is 147 Å². The van der Waals surface area contributed by atoms with Crippen molar-refractivity contribution >= 4 is 5.91 Å². The fourth-order valence-corrected chi connectivity index (χ4v) is 2.35. The largest absolute Gasteiger partial charge is 0.341 e. The van der Waals surface area contributed by atoms with Crippen molar-refractivity contribution in [2.75, 3.05) is 6.54 Å². The van der Waals surface area contributed by atoms with Crippen LogP contribution >= 0.6 is 0 Å². The zero-order valence-electron chi connectivity index (χ0n) is 13.6. The number of nitrogens with one attached hydrogen (secondary N) is 1. The molecule has 0 spiro atoms. The molecular weight excluding hydrogens is 344 g/mol. The number of benzene rings is 1. The number of aryl methyl sites for hydroxylation is 1. The molecule has 1 amide bonds. The van der Waals surface area contributed by atoms with Gasteiger partial charge in [-0.3, -0.25) is 9.48 Å². The number of amides is 1. The number of hydrogen-bond donors (Lipinski definition) is 1. The molecule has 1 N–H and O–H groups in total. The molecule has 7 nitrogen and oxygen atoms in total. The summed E-state index contributed by atoms with van der Waals surface area (Å²) in [5.41, 5.74) is 0.598. The summed E-state index contributed by atoms with van der Waals surface area (Å²) in [5, 5.41) is 10.2. The number of halogens is 2. The van der Waals surface area contributed by atoms with E-state index in [4.69, 9.17) is 10.9 Å². The number of terminal acetylenes is 1. The van der Waals surface area contributed by atoms with Crippen molar-refractivity contribution in [3.05, 3.63) is 41.7 Å². The van der Waals surface area contributed by atoms with Crippen LogP contribution in [-0.2, 0) is 7.05 Å². The number of rotatable bonds is 5. The van der Waals surface area contributed by atoms with Gasteiger partial charge in [0.2, 0.25) is 5.82 Å². The summed E-state index contributed by atoms with van der Waals surface area (Å²) >= 11 is 0. The van der Waals surface area contributed by atoms with Gasteiger partial charge < -0.3 is 9.84 Å². The van der Waals surface area contributed by atoms with Crippen molar-refractivity contribution in [2.45, 2.75) is 6.43 Å². The second-order valence-corrected chi connectivity index (χ2v) is 5.26. The topological polar surface area (TPSA) is 85.8 Å². The van der Waals surface area contributed by atoms with E-state index in [9.17, 15) is 13.6 Å². The van der Waals surface area contributed by atoms with E-state index < -0.39 is 6.43 Å². The second-order valence-electron chi connectivity index (χ2n) is 5.26. The van der Waals surface area contributed by atoms with Gasteiger partial charge in [0, 0.05) is 18.2 Å². The molecule has 0 atom stereocenters. The quantitative estimate of drug-likeness (QED) is 0.709. The number of carbonyl (C=O) groups is 1. The number of hydrogen-bond acceptors (Lipinski definition) is 5. The minimum absolute atomic E-state index is 0.0594. The van der Waals surface area contributed by atoms with Crippen molar-refractivity contribution in [2.24, 2.45) is 7.05 Å². The van der Waals surface area contributed by atoms with Gasteiger partial charge in [0.1, 0.15) is 5.69 Å². The van der Waals surface area contributed by atoms with Crippen LogP contribution in [0.4, 0.5) is 8.78 Å². The number of alkyl halides is 2. The highest BCUT2D eigenvalue weighted by Crippen LogP contribution is 2.30. The minimum atomic E-state index is -2.74. The van der Waals surface area contributed by atoms with Crippen molar-refractivity contribution < 1.29 is 18.1 Å². The molecule has 0 saturated carbocycles. The van der Waals surface area contributed by atoms with Gasteiger partial charge in [-0.15, -0.1) is 6.42 Å². The Kier molecular flexibility index (Phi) is 4.75. The predicted octanol–water partition coefficient (Wildman–Crippen LogP) is 2.44. The van der Waals surface area contributed by atoms with E-state index in [1.165, 1.54) is 13.2 Å². The van der Waals surface area contributed by atoms with Gasteiger partial charge in [-0.1, -0.05) is 23.2 Å². The highest BCUT2D eigenvalue weighted by Gasteiger charge is 2.23. The van der Waals surface area contributed by atoms with Gasteiger partial charge in [-0.25, -0.2) is 8.78 Å². The Morgan fingerprint density at radius 1 is 1.46 bits per heavy atom. The number of nitrogens with zero attached hydrogens (tertiary/aromatic N) is 4. The van der Waals surface area contributed by atoms with E-state index in [0.29, 0.717) is 11.1 Å². The third-order valence-corrected chi connectivity index (χ3v) is 3.58. The molecular formula is C17H13F2N5O2.